The van der Waals surface area contributed by atoms with Gasteiger partial charge in [-0.15, -0.1) is 0 Å². The zero-order valence-electron chi connectivity index (χ0n) is 24.7. The molecule has 3 fully saturated rings. The minimum atomic E-state index is -0.751. The molecule has 0 amide bonds. The summed E-state index contributed by atoms with van der Waals surface area (Å²) in [7, 11) is 0. The van der Waals surface area contributed by atoms with Crippen molar-refractivity contribution in [3.05, 3.63) is 53.7 Å². The van der Waals surface area contributed by atoms with Gasteiger partial charge in [0.1, 0.15) is 5.82 Å². The van der Waals surface area contributed by atoms with Crippen LogP contribution in [0, 0.1) is 5.92 Å². The second-order valence-electron chi connectivity index (χ2n) is 12.7. The molecule has 2 aromatic rings. The number of pyridine rings is 1. The van der Waals surface area contributed by atoms with Gasteiger partial charge in [0, 0.05) is 45.4 Å². The van der Waals surface area contributed by atoms with Gasteiger partial charge in [-0.2, -0.15) is 0 Å². The summed E-state index contributed by atoms with van der Waals surface area (Å²) in [5, 5.41) is 14.9. The van der Waals surface area contributed by atoms with E-state index in [0.29, 0.717) is 5.92 Å². The molecule has 1 atom stereocenters. The number of aromatic nitrogens is 1. The first-order valence-corrected chi connectivity index (χ1v) is 15.2. The van der Waals surface area contributed by atoms with Crippen molar-refractivity contribution in [2.45, 2.75) is 70.8 Å². The third-order valence-electron chi connectivity index (χ3n) is 8.69. The molecule has 1 aromatic heterocycles. The first-order chi connectivity index (χ1) is 19.3. The normalized spacial score (nSPS) is 20.9. The van der Waals surface area contributed by atoms with E-state index in [1.54, 1.807) is 0 Å². The maximum atomic E-state index is 11.4. The topological polar surface area (TPSA) is 73.3 Å². The lowest BCUT2D eigenvalue weighted by molar-refractivity contribution is 0.0462. The SMILES string of the molecule is CC(C)(C)c1ccc(CN2CCC(CN(c3ccc(N4CCOCC4)nc3)C(O)NC3CCOCC3)CC2)cc1. The number of nitrogens with zero attached hydrogens (tertiary/aromatic N) is 4. The van der Waals surface area contributed by atoms with Crippen molar-refractivity contribution in [1.82, 2.24) is 15.2 Å². The fraction of sp³-hybridized carbons (Fsp3) is 0.656. The van der Waals surface area contributed by atoms with Gasteiger partial charge in [0.15, 0.2) is 6.35 Å². The molecule has 220 valence electrons. The van der Waals surface area contributed by atoms with Crippen LogP contribution in [0.4, 0.5) is 11.5 Å². The van der Waals surface area contributed by atoms with Gasteiger partial charge in [-0.1, -0.05) is 45.0 Å². The molecule has 1 aromatic carbocycles. The second-order valence-corrected chi connectivity index (χ2v) is 12.7. The number of likely N-dealkylation sites (tertiary alicyclic amines) is 1. The van der Waals surface area contributed by atoms with E-state index in [2.05, 4.69) is 77.2 Å². The Morgan fingerprint density at radius 2 is 1.60 bits per heavy atom. The predicted octanol–water partition coefficient (Wildman–Crippen LogP) is 3.98. The molecule has 0 bridgehead atoms. The number of anilines is 2. The number of hydrogen-bond donors (Lipinski definition) is 2. The number of rotatable bonds is 9. The van der Waals surface area contributed by atoms with Crippen molar-refractivity contribution < 1.29 is 14.6 Å². The zero-order chi connectivity index (χ0) is 28.0. The number of aliphatic hydroxyl groups is 1. The highest BCUT2D eigenvalue weighted by molar-refractivity contribution is 5.51. The third kappa shape index (κ3) is 7.95. The Bertz CT molecular complexity index is 1020. The predicted molar refractivity (Wildman–Crippen MR) is 161 cm³/mol. The van der Waals surface area contributed by atoms with Crippen LogP contribution in [0.25, 0.3) is 0 Å². The van der Waals surface area contributed by atoms with E-state index in [4.69, 9.17) is 14.5 Å². The van der Waals surface area contributed by atoms with Gasteiger partial charge in [0.2, 0.25) is 0 Å². The number of nitrogens with one attached hydrogen (secondary N) is 1. The summed E-state index contributed by atoms with van der Waals surface area (Å²) in [6.07, 6.45) is 5.27. The standard InChI is InChI=1S/C32H49N5O3/c1-32(2,3)27-6-4-25(5-7-27)23-35-14-10-26(11-15-35)24-37(31(38)34-28-12-18-39-19-13-28)29-8-9-30(33-22-29)36-16-20-40-21-17-36/h4-9,22,26,28,31,34,38H,10-21,23-24H2,1-3H3. The Balaban J connectivity index is 1.20. The number of hydrogen-bond acceptors (Lipinski definition) is 8. The Hall–Kier alpha value is -2.23. The molecule has 5 rings (SSSR count). The molecule has 0 radical (unpaired) electrons. The van der Waals surface area contributed by atoms with Crippen molar-refractivity contribution in [3.63, 3.8) is 0 Å². The van der Waals surface area contributed by atoms with Crippen LogP contribution in [-0.4, -0.2) is 86.5 Å². The number of morpholine rings is 1. The van der Waals surface area contributed by atoms with Crippen LogP contribution >= 0.6 is 0 Å². The number of benzene rings is 1. The quantitative estimate of drug-likeness (QED) is 0.454. The van der Waals surface area contributed by atoms with E-state index in [-0.39, 0.29) is 11.5 Å². The van der Waals surface area contributed by atoms with Gasteiger partial charge in [0.05, 0.1) is 25.1 Å². The Morgan fingerprint density at radius 1 is 0.925 bits per heavy atom. The summed E-state index contributed by atoms with van der Waals surface area (Å²) in [6, 6.07) is 13.6. The first-order valence-electron chi connectivity index (χ1n) is 15.2. The number of ether oxygens (including phenoxy) is 2. The summed E-state index contributed by atoms with van der Waals surface area (Å²) in [5.74, 6) is 1.49. The average Bonchev–Trinajstić information content (AvgIpc) is 2.98. The smallest absolute Gasteiger partial charge is 0.184 e. The molecule has 0 saturated carbocycles. The van der Waals surface area contributed by atoms with E-state index in [1.165, 1.54) is 11.1 Å². The highest BCUT2D eigenvalue weighted by Crippen LogP contribution is 2.27. The molecule has 0 spiro atoms. The molecule has 4 heterocycles. The van der Waals surface area contributed by atoms with Gasteiger partial charge in [-0.25, -0.2) is 4.98 Å². The van der Waals surface area contributed by atoms with Crippen molar-refractivity contribution in [2.24, 2.45) is 5.92 Å². The first kappa shape index (κ1) is 29.3. The molecule has 0 aliphatic carbocycles. The lowest BCUT2D eigenvalue weighted by Gasteiger charge is -2.39. The Morgan fingerprint density at radius 3 is 2.23 bits per heavy atom. The summed E-state index contributed by atoms with van der Waals surface area (Å²) < 4.78 is 11.0. The zero-order valence-corrected chi connectivity index (χ0v) is 24.7. The van der Waals surface area contributed by atoms with Gasteiger partial charge >= 0.3 is 0 Å². The lowest BCUT2D eigenvalue weighted by atomic mass is 9.86. The van der Waals surface area contributed by atoms with E-state index in [1.807, 2.05) is 6.20 Å². The molecule has 1 unspecified atom stereocenters. The molecule has 3 aliphatic heterocycles. The highest BCUT2D eigenvalue weighted by Gasteiger charge is 2.27. The fourth-order valence-electron chi connectivity index (χ4n) is 6.01. The summed E-state index contributed by atoms with van der Waals surface area (Å²) in [5.41, 5.74) is 3.92. The molecule has 2 N–H and O–H groups in total. The van der Waals surface area contributed by atoms with Crippen LogP contribution in [0.2, 0.25) is 0 Å². The van der Waals surface area contributed by atoms with Gasteiger partial charge in [0.25, 0.3) is 0 Å². The van der Waals surface area contributed by atoms with Crippen LogP contribution in [0.1, 0.15) is 57.6 Å². The summed E-state index contributed by atoms with van der Waals surface area (Å²) in [6.45, 7) is 15.5. The maximum Gasteiger partial charge on any atom is 0.184 e. The van der Waals surface area contributed by atoms with Crippen molar-refractivity contribution in [2.75, 3.05) is 69.0 Å². The lowest BCUT2D eigenvalue weighted by Crippen LogP contribution is -2.53. The third-order valence-corrected chi connectivity index (χ3v) is 8.69. The minimum absolute atomic E-state index is 0.186. The van der Waals surface area contributed by atoms with Gasteiger partial charge in [-0.3, -0.25) is 10.2 Å². The van der Waals surface area contributed by atoms with Crippen LogP contribution in [0.3, 0.4) is 0 Å². The van der Waals surface area contributed by atoms with Crippen molar-refractivity contribution >= 4 is 11.5 Å². The van der Waals surface area contributed by atoms with E-state index < -0.39 is 6.35 Å². The van der Waals surface area contributed by atoms with E-state index in [9.17, 15) is 5.11 Å². The summed E-state index contributed by atoms with van der Waals surface area (Å²) in [4.78, 5) is 11.7. The van der Waals surface area contributed by atoms with Crippen LogP contribution in [-0.2, 0) is 21.4 Å². The van der Waals surface area contributed by atoms with Crippen LogP contribution in [0.15, 0.2) is 42.6 Å². The largest absolute Gasteiger partial charge is 0.381 e. The molecular weight excluding hydrogens is 502 g/mol. The Kier molecular flexibility index (Phi) is 9.97. The van der Waals surface area contributed by atoms with E-state index in [0.717, 1.165) is 103 Å². The average molecular weight is 552 g/mol. The Labute approximate surface area is 240 Å². The molecule has 8 nitrogen and oxygen atoms in total. The molecule has 3 saturated heterocycles. The van der Waals surface area contributed by atoms with E-state index >= 15 is 0 Å². The number of aliphatic hydroxyl groups excluding tert-OH is 1. The van der Waals surface area contributed by atoms with Crippen LogP contribution < -0.4 is 15.1 Å². The molecule has 3 aliphatic rings. The van der Waals surface area contributed by atoms with Gasteiger partial charge in [-0.05, 0) is 73.4 Å². The van der Waals surface area contributed by atoms with Crippen molar-refractivity contribution in [3.8, 4) is 0 Å². The summed E-state index contributed by atoms with van der Waals surface area (Å²) >= 11 is 0. The maximum absolute atomic E-state index is 11.4. The second kappa shape index (κ2) is 13.6. The van der Waals surface area contributed by atoms with Crippen molar-refractivity contribution in [1.29, 1.82) is 0 Å². The fourth-order valence-corrected chi connectivity index (χ4v) is 6.01. The number of piperidine rings is 1. The monoisotopic (exact) mass is 551 g/mol. The molecular formula is C32H49N5O3. The molecule has 8 heteroatoms. The minimum Gasteiger partial charge on any atom is -0.381 e. The van der Waals surface area contributed by atoms with Gasteiger partial charge < -0.3 is 24.4 Å². The molecule has 40 heavy (non-hydrogen) atoms. The highest BCUT2D eigenvalue weighted by atomic mass is 16.5. The van der Waals surface area contributed by atoms with Crippen LogP contribution in [0.5, 0.6) is 0 Å².